The molecule has 0 aliphatic heterocycles. The third-order valence-corrected chi connectivity index (χ3v) is 4.53. The third-order valence-electron chi connectivity index (χ3n) is 4.53. The first-order valence-corrected chi connectivity index (χ1v) is 9.10. The van der Waals surface area contributed by atoms with Crippen LogP contribution in [0.2, 0.25) is 0 Å². The highest BCUT2D eigenvalue weighted by molar-refractivity contribution is 5.84. The van der Waals surface area contributed by atoms with Gasteiger partial charge in [0.25, 0.3) is 0 Å². The van der Waals surface area contributed by atoms with Gasteiger partial charge in [-0.25, -0.2) is 4.98 Å². The molecule has 0 unspecified atom stereocenters. The van der Waals surface area contributed by atoms with Crippen molar-refractivity contribution in [1.82, 2.24) is 4.98 Å². The fourth-order valence-corrected chi connectivity index (χ4v) is 2.92. The van der Waals surface area contributed by atoms with Gasteiger partial charge in [-0.2, -0.15) is 0 Å². The van der Waals surface area contributed by atoms with Gasteiger partial charge in [-0.05, 0) is 46.9 Å². The van der Waals surface area contributed by atoms with Crippen molar-refractivity contribution in [2.24, 2.45) is 4.99 Å². The summed E-state index contributed by atoms with van der Waals surface area (Å²) in [5.41, 5.74) is 5.90. The van der Waals surface area contributed by atoms with Gasteiger partial charge in [-0.1, -0.05) is 63.2 Å². The average Bonchev–Trinajstić information content (AvgIpc) is 3.10. The van der Waals surface area contributed by atoms with E-state index in [2.05, 4.69) is 55.0 Å². The molecule has 0 saturated carbocycles. The molecule has 0 bridgehead atoms. The van der Waals surface area contributed by atoms with Crippen LogP contribution in [0.4, 0.5) is 5.69 Å². The predicted octanol–water partition coefficient (Wildman–Crippen LogP) is 6.54. The van der Waals surface area contributed by atoms with Gasteiger partial charge >= 0.3 is 0 Å². The molecule has 1 aromatic heterocycles. The molecule has 0 N–H and O–H groups in total. The Balaban J connectivity index is 1.62. The second-order valence-corrected chi connectivity index (χ2v) is 7.67. The van der Waals surface area contributed by atoms with Crippen LogP contribution in [0.3, 0.4) is 0 Å². The molecule has 0 amide bonds. The van der Waals surface area contributed by atoms with Crippen LogP contribution < -0.4 is 0 Å². The van der Waals surface area contributed by atoms with Crippen molar-refractivity contribution in [3.05, 3.63) is 83.9 Å². The summed E-state index contributed by atoms with van der Waals surface area (Å²) in [6.45, 7) is 6.62. The average molecular weight is 354 g/mol. The lowest BCUT2D eigenvalue weighted by atomic mass is 9.87. The van der Waals surface area contributed by atoms with Crippen molar-refractivity contribution in [3.8, 4) is 11.5 Å². The Labute approximate surface area is 159 Å². The van der Waals surface area contributed by atoms with E-state index in [0.29, 0.717) is 5.89 Å². The van der Waals surface area contributed by atoms with Crippen molar-refractivity contribution >= 4 is 23.0 Å². The van der Waals surface area contributed by atoms with Gasteiger partial charge in [0.1, 0.15) is 5.52 Å². The maximum absolute atomic E-state index is 5.93. The summed E-state index contributed by atoms with van der Waals surface area (Å²) < 4.78 is 5.93. The molecule has 0 aliphatic rings. The first-order chi connectivity index (χ1) is 13.0. The number of rotatable bonds is 3. The molecule has 4 aromatic rings. The zero-order valence-electron chi connectivity index (χ0n) is 15.8. The number of benzene rings is 3. The van der Waals surface area contributed by atoms with E-state index in [1.807, 2.05) is 54.7 Å². The maximum Gasteiger partial charge on any atom is 0.227 e. The summed E-state index contributed by atoms with van der Waals surface area (Å²) in [7, 11) is 0. The lowest BCUT2D eigenvalue weighted by Crippen LogP contribution is -2.10. The minimum Gasteiger partial charge on any atom is -0.436 e. The SMILES string of the molecule is CC(C)(C)c1ccc(-c2nc3cc(N=Cc4ccccc4)ccc3o2)cc1. The molecule has 3 aromatic carbocycles. The summed E-state index contributed by atoms with van der Waals surface area (Å²) in [4.78, 5) is 9.19. The number of nitrogens with zero attached hydrogens (tertiary/aromatic N) is 2. The second kappa shape index (κ2) is 6.84. The van der Waals surface area contributed by atoms with Crippen LogP contribution in [-0.2, 0) is 5.41 Å². The van der Waals surface area contributed by atoms with Crippen molar-refractivity contribution in [2.75, 3.05) is 0 Å². The van der Waals surface area contributed by atoms with E-state index in [-0.39, 0.29) is 5.41 Å². The Kier molecular flexibility index (Phi) is 4.36. The van der Waals surface area contributed by atoms with E-state index in [0.717, 1.165) is 27.9 Å². The van der Waals surface area contributed by atoms with E-state index in [1.54, 1.807) is 0 Å². The van der Waals surface area contributed by atoms with E-state index in [1.165, 1.54) is 5.56 Å². The molecule has 1 heterocycles. The lowest BCUT2D eigenvalue weighted by molar-refractivity contribution is 0.589. The van der Waals surface area contributed by atoms with Crippen LogP contribution in [-0.4, -0.2) is 11.2 Å². The van der Waals surface area contributed by atoms with E-state index < -0.39 is 0 Å². The third kappa shape index (κ3) is 3.82. The Morgan fingerprint density at radius 3 is 2.33 bits per heavy atom. The molecule has 0 spiro atoms. The minimum atomic E-state index is 0.130. The Hall–Kier alpha value is -3.20. The fraction of sp³-hybridized carbons (Fsp3) is 0.167. The minimum absolute atomic E-state index is 0.130. The predicted molar refractivity (Wildman–Crippen MR) is 112 cm³/mol. The molecular formula is C24H22N2O. The summed E-state index contributed by atoms with van der Waals surface area (Å²) in [6.07, 6.45) is 1.85. The Bertz CT molecular complexity index is 1080. The van der Waals surface area contributed by atoms with E-state index >= 15 is 0 Å². The van der Waals surface area contributed by atoms with Crippen LogP contribution in [0.1, 0.15) is 31.9 Å². The first kappa shape index (κ1) is 17.2. The van der Waals surface area contributed by atoms with Gasteiger partial charge in [-0.15, -0.1) is 0 Å². The molecule has 4 rings (SSSR count). The maximum atomic E-state index is 5.93. The normalized spacial score (nSPS) is 12.1. The zero-order valence-corrected chi connectivity index (χ0v) is 15.8. The zero-order chi connectivity index (χ0) is 18.9. The van der Waals surface area contributed by atoms with Crippen LogP contribution in [0.15, 0.2) is 82.2 Å². The van der Waals surface area contributed by atoms with Crippen molar-refractivity contribution in [1.29, 1.82) is 0 Å². The number of aromatic nitrogens is 1. The highest BCUT2D eigenvalue weighted by Gasteiger charge is 2.14. The lowest BCUT2D eigenvalue weighted by Gasteiger charge is -2.18. The van der Waals surface area contributed by atoms with Gasteiger partial charge < -0.3 is 4.42 Å². The molecule has 0 atom stereocenters. The molecule has 0 saturated heterocycles. The standard InChI is InChI=1S/C24H22N2O/c1-24(2,3)19-11-9-18(10-12-19)23-26-21-15-20(13-14-22(21)27-23)25-16-17-7-5-4-6-8-17/h4-16H,1-3H3. The van der Waals surface area contributed by atoms with Gasteiger partial charge in [0, 0.05) is 11.8 Å². The molecule has 0 aliphatic carbocycles. The van der Waals surface area contributed by atoms with Crippen molar-refractivity contribution < 1.29 is 4.42 Å². The quantitative estimate of drug-likeness (QED) is 0.392. The van der Waals surface area contributed by atoms with Crippen LogP contribution >= 0.6 is 0 Å². The molecule has 0 radical (unpaired) electrons. The van der Waals surface area contributed by atoms with Gasteiger partial charge in [0.15, 0.2) is 5.58 Å². The van der Waals surface area contributed by atoms with Crippen LogP contribution in [0.5, 0.6) is 0 Å². The Morgan fingerprint density at radius 1 is 0.889 bits per heavy atom. The number of aliphatic imine (C=N–C) groups is 1. The summed E-state index contributed by atoms with van der Waals surface area (Å²) >= 11 is 0. The number of hydrogen-bond donors (Lipinski definition) is 0. The van der Waals surface area contributed by atoms with E-state index in [4.69, 9.17) is 4.42 Å². The van der Waals surface area contributed by atoms with Gasteiger partial charge in [0.2, 0.25) is 5.89 Å². The molecule has 3 heteroatoms. The number of hydrogen-bond acceptors (Lipinski definition) is 3. The molecule has 27 heavy (non-hydrogen) atoms. The fourth-order valence-electron chi connectivity index (χ4n) is 2.92. The molecular weight excluding hydrogens is 332 g/mol. The second-order valence-electron chi connectivity index (χ2n) is 7.67. The highest BCUT2D eigenvalue weighted by Crippen LogP contribution is 2.29. The summed E-state index contributed by atoms with van der Waals surface area (Å²) in [6, 6.07) is 24.3. The monoisotopic (exact) mass is 354 g/mol. The van der Waals surface area contributed by atoms with Crippen LogP contribution in [0, 0.1) is 0 Å². The smallest absolute Gasteiger partial charge is 0.227 e. The van der Waals surface area contributed by atoms with Crippen LogP contribution in [0.25, 0.3) is 22.6 Å². The summed E-state index contributed by atoms with van der Waals surface area (Å²) in [5.74, 6) is 0.634. The molecule has 0 fully saturated rings. The highest BCUT2D eigenvalue weighted by atomic mass is 16.3. The first-order valence-electron chi connectivity index (χ1n) is 9.10. The topological polar surface area (TPSA) is 38.4 Å². The molecule has 134 valence electrons. The van der Waals surface area contributed by atoms with Gasteiger partial charge in [0.05, 0.1) is 5.69 Å². The summed E-state index contributed by atoms with van der Waals surface area (Å²) in [5, 5.41) is 0. The largest absolute Gasteiger partial charge is 0.436 e. The van der Waals surface area contributed by atoms with Crippen molar-refractivity contribution in [2.45, 2.75) is 26.2 Å². The number of oxazole rings is 1. The Morgan fingerprint density at radius 2 is 1.63 bits per heavy atom. The number of fused-ring (bicyclic) bond motifs is 1. The van der Waals surface area contributed by atoms with Gasteiger partial charge in [-0.3, -0.25) is 4.99 Å². The van der Waals surface area contributed by atoms with E-state index in [9.17, 15) is 0 Å². The van der Waals surface area contributed by atoms with Crippen molar-refractivity contribution in [3.63, 3.8) is 0 Å². The molecule has 3 nitrogen and oxygen atoms in total.